The van der Waals surface area contributed by atoms with Gasteiger partial charge in [0.15, 0.2) is 0 Å². The van der Waals surface area contributed by atoms with Crippen molar-refractivity contribution in [1.82, 2.24) is 4.98 Å². The largest absolute Gasteiger partial charge is 0.493 e. The summed E-state index contributed by atoms with van der Waals surface area (Å²) in [5, 5.41) is 10.4. The molecule has 96 valence electrons. The fraction of sp³-hybridized carbons (Fsp3) is 0.143. The number of pyridine rings is 1. The molecule has 4 nitrogen and oxygen atoms in total. The van der Waals surface area contributed by atoms with Crippen LogP contribution in [0, 0.1) is 10.7 Å². The van der Waals surface area contributed by atoms with Crippen molar-refractivity contribution in [2.75, 3.05) is 12.4 Å². The average Bonchev–Trinajstić information content (AvgIpc) is 2.46. The molecule has 0 fully saturated rings. The average molecular weight is 272 g/mol. The molecule has 0 N–H and O–H groups in total. The number of hydrogen-bond donors (Lipinski definition) is 0. The molecule has 0 aliphatic heterocycles. The first-order valence-electron chi connectivity index (χ1n) is 5.70. The Hall–Kier alpha value is -2.19. The molecule has 1 aromatic carbocycles. The van der Waals surface area contributed by atoms with Crippen LogP contribution in [-0.4, -0.2) is 17.3 Å². The van der Waals surface area contributed by atoms with Gasteiger partial charge in [0.25, 0.3) is 0 Å². The van der Waals surface area contributed by atoms with Crippen molar-refractivity contribution in [2.45, 2.75) is 0 Å². The lowest BCUT2D eigenvalue weighted by Gasteiger charge is -2.07. The van der Waals surface area contributed by atoms with E-state index in [0.29, 0.717) is 18.1 Å². The second-order valence-corrected chi connectivity index (χ2v) is 4.43. The van der Waals surface area contributed by atoms with E-state index in [1.165, 1.54) is 11.8 Å². The van der Waals surface area contributed by atoms with Crippen LogP contribution in [0.2, 0.25) is 0 Å². The molecule has 0 aliphatic rings. The zero-order chi connectivity index (χ0) is 13.3. The van der Waals surface area contributed by atoms with E-state index < -0.39 is 0 Å². The minimum Gasteiger partial charge on any atom is -0.493 e. The van der Waals surface area contributed by atoms with E-state index in [1.807, 2.05) is 41.8 Å². The maximum atomic E-state index is 8.38. The van der Waals surface area contributed by atoms with E-state index in [9.17, 15) is 0 Å². The van der Waals surface area contributed by atoms with Crippen molar-refractivity contribution in [3.8, 4) is 22.6 Å². The molecular weight excluding hydrogens is 260 g/mol. The number of benzene rings is 1. The Morgan fingerprint density at radius 3 is 2.58 bits per heavy atom. The minimum absolute atomic E-state index is 0.515. The molecule has 0 bridgehead atoms. The van der Waals surface area contributed by atoms with Crippen LogP contribution in [0.5, 0.6) is 17.2 Å². The first-order chi connectivity index (χ1) is 9.38. The standard InChI is InChI=1S/C14H12N2O2S/c15-11-19-9-8-17-12-3-5-13(6-4-12)18-14-2-1-7-16-10-14/h1-7,10H,8-9H2. The quantitative estimate of drug-likeness (QED) is 0.595. The van der Waals surface area contributed by atoms with E-state index in [0.717, 1.165) is 11.5 Å². The van der Waals surface area contributed by atoms with Gasteiger partial charge in [0.1, 0.15) is 22.6 Å². The number of nitriles is 1. The molecule has 0 saturated heterocycles. The summed E-state index contributed by atoms with van der Waals surface area (Å²) >= 11 is 1.18. The number of thioether (sulfide) groups is 1. The van der Waals surface area contributed by atoms with E-state index in [-0.39, 0.29) is 0 Å². The summed E-state index contributed by atoms with van der Waals surface area (Å²) in [7, 11) is 0. The molecule has 0 aliphatic carbocycles. The molecule has 0 saturated carbocycles. The number of thiocyanates is 1. The Balaban J connectivity index is 1.86. The van der Waals surface area contributed by atoms with Crippen LogP contribution < -0.4 is 9.47 Å². The zero-order valence-corrected chi connectivity index (χ0v) is 11.0. The van der Waals surface area contributed by atoms with Crippen molar-refractivity contribution < 1.29 is 9.47 Å². The summed E-state index contributed by atoms with van der Waals surface area (Å²) in [5.41, 5.74) is 0. The van der Waals surface area contributed by atoms with Gasteiger partial charge in [-0.25, -0.2) is 0 Å². The van der Waals surface area contributed by atoms with Crippen LogP contribution in [-0.2, 0) is 0 Å². The van der Waals surface area contributed by atoms with Crippen molar-refractivity contribution in [1.29, 1.82) is 5.26 Å². The summed E-state index contributed by atoms with van der Waals surface area (Å²) in [6.07, 6.45) is 3.35. The van der Waals surface area contributed by atoms with Gasteiger partial charge in [0, 0.05) is 11.9 Å². The van der Waals surface area contributed by atoms with Gasteiger partial charge in [0.2, 0.25) is 0 Å². The van der Waals surface area contributed by atoms with Gasteiger partial charge < -0.3 is 9.47 Å². The fourth-order valence-electron chi connectivity index (χ4n) is 1.39. The molecule has 1 aromatic heterocycles. The molecule has 1 heterocycles. The first kappa shape index (κ1) is 13.2. The predicted octanol–water partition coefficient (Wildman–Crippen LogP) is 3.47. The lowest BCUT2D eigenvalue weighted by molar-refractivity contribution is 0.343. The van der Waals surface area contributed by atoms with Gasteiger partial charge in [-0.1, -0.05) is 0 Å². The predicted molar refractivity (Wildman–Crippen MR) is 74.3 cm³/mol. The van der Waals surface area contributed by atoms with Crippen LogP contribution in [0.25, 0.3) is 0 Å². The van der Waals surface area contributed by atoms with Crippen molar-refractivity contribution >= 4 is 11.8 Å². The zero-order valence-electron chi connectivity index (χ0n) is 10.2. The molecule has 2 aromatic rings. The molecule has 0 unspecified atom stereocenters. The first-order valence-corrected chi connectivity index (χ1v) is 6.68. The van der Waals surface area contributed by atoms with Crippen LogP contribution in [0.15, 0.2) is 48.8 Å². The maximum Gasteiger partial charge on any atom is 0.145 e. The molecule has 5 heteroatoms. The minimum atomic E-state index is 0.515. The number of ether oxygens (including phenoxy) is 2. The SMILES string of the molecule is N#CSCCOc1ccc(Oc2cccnc2)cc1. The van der Waals surface area contributed by atoms with Gasteiger partial charge in [-0.3, -0.25) is 4.98 Å². The van der Waals surface area contributed by atoms with Crippen molar-refractivity contribution in [3.63, 3.8) is 0 Å². The Morgan fingerprint density at radius 2 is 1.89 bits per heavy atom. The normalized spacial score (nSPS) is 9.63. The van der Waals surface area contributed by atoms with Gasteiger partial charge >= 0.3 is 0 Å². The van der Waals surface area contributed by atoms with E-state index >= 15 is 0 Å². The second-order valence-electron chi connectivity index (χ2n) is 3.55. The maximum absolute atomic E-state index is 8.38. The lowest BCUT2D eigenvalue weighted by Crippen LogP contribution is -1.99. The molecule has 2 rings (SSSR count). The van der Waals surface area contributed by atoms with Gasteiger partial charge in [0.05, 0.1) is 12.8 Å². The second kappa shape index (κ2) is 7.29. The Bertz CT molecular complexity index is 538. The van der Waals surface area contributed by atoms with Crippen molar-refractivity contribution in [3.05, 3.63) is 48.8 Å². The lowest BCUT2D eigenvalue weighted by atomic mass is 10.3. The molecule has 0 atom stereocenters. The highest BCUT2D eigenvalue weighted by Gasteiger charge is 1.98. The molecule has 0 radical (unpaired) electrons. The highest BCUT2D eigenvalue weighted by atomic mass is 32.2. The van der Waals surface area contributed by atoms with Crippen LogP contribution in [0.4, 0.5) is 0 Å². The number of aromatic nitrogens is 1. The molecule has 0 spiro atoms. The van der Waals surface area contributed by atoms with Crippen molar-refractivity contribution in [2.24, 2.45) is 0 Å². The monoisotopic (exact) mass is 272 g/mol. The third-order valence-electron chi connectivity index (χ3n) is 2.21. The Kier molecular flexibility index (Phi) is 5.08. The molecule has 0 amide bonds. The van der Waals surface area contributed by atoms with E-state index in [4.69, 9.17) is 14.7 Å². The third kappa shape index (κ3) is 4.53. The Labute approximate surface area is 116 Å². The molecular formula is C14H12N2O2S. The van der Waals surface area contributed by atoms with E-state index in [2.05, 4.69) is 4.98 Å². The summed E-state index contributed by atoms with van der Waals surface area (Å²) in [6.45, 7) is 0.515. The highest BCUT2D eigenvalue weighted by Crippen LogP contribution is 2.23. The third-order valence-corrected chi connectivity index (χ3v) is 2.71. The summed E-state index contributed by atoms with van der Waals surface area (Å²) in [6, 6.07) is 11.0. The topological polar surface area (TPSA) is 55.1 Å². The number of hydrogen-bond acceptors (Lipinski definition) is 5. The fourth-order valence-corrected chi connectivity index (χ4v) is 1.65. The smallest absolute Gasteiger partial charge is 0.145 e. The van der Waals surface area contributed by atoms with Gasteiger partial charge in [-0.2, -0.15) is 5.26 Å². The summed E-state index contributed by atoms with van der Waals surface area (Å²) < 4.78 is 11.1. The van der Waals surface area contributed by atoms with Gasteiger partial charge in [-0.05, 0) is 48.2 Å². The highest BCUT2D eigenvalue weighted by molar-refractivity contribution is 8.03. The van der Waals surface area contributed by atoms with Crippen LogP contribution >= 0.6 is 11.8 Å². The van der Waals surface area contributed by atoms with Gasteiger partial charge in [-0.15, -0.1) is 0 Å². The Morgan fingerprint density at radius 1 is 1.11 bits per heavy atom. The number of rotatable bonds is 6. The number of nitrogens with zero attached hydrogens (tertiary/aromatic N) is 2. The van der Waals surface area contributed by atoms with Crippen LogP contribution in [0.3, 0.4) is 0 Å². The van der Waals surface area contributed by atoms with Crippen LogP contribution in [0.1, 0.15) is 0 Å². The summed E-state index contributed by atoms with van der Waals surface area (Å²) in [4.78, 5) is 3.98. The summed E-state index contributed by atoms with van der Waals surface area (Å²) in [5.74, 6) is 2.84. The molecule has 19 heavy (non-hydrogen) atoms. The van der Waals surface area contributed by atoms with E-state index in [1.54, 1.807) is 12.4 Å².